The van der Waals surface area contributed by atoms with Gasteiger partial charge >= 0.3 is 0 Å². The van der Waals surface area contributed by atoms with Gasteiger partial charge in [0, 0.05) is 36.3 Å². The van der Waals surface area contributed by atoms with Crippen LogP contribution in [0.5, 0.6) is 5.75 Å². The second-order valence-electron chi connectivity index (χ2n) is 6.21. The zero-order valence-corrected chi connectivity index (χ0v) is 15.2. The van der Waals surface area contributed by atoms with Crippen molar-refractivity contribution in [2.24, 2.45) is 0 Å². The molecule has 24 heavy (non-hydrogen) atoms. The first-order valence-electron chi connectivity index (χ1n) is 8.15. The Morgan fingerprint density at radius 2 is 2.29 bits per heavy atom. The molecule has 6 heteroatoms. The van der Waals surface area contributed by atoms with Crippen molar-refractivity contribution in [3.8, 4) is 5.75 Å². The Bertz CT molecular complexity index is 689. The summed E-state index contributed by atoms with van der Waals surface area (Å²) < 4.78 is 11.3. The number of methoxy groups -OCH3 is 1. The van der Waals surface area contributed by atoms with E-state index < -0.39 is 6.10 Å². The lowest BCUT2D eigenvalue weighted by molar-refractivity contribution is -0.0426. The average Bonchev–Trinajstić information content (AvgIpc) is 3.01. The van der Waals surface area contributed by atoms with Gasteiger partial charge in [-0.15, -0.1) is 11.3 Å². The molecule has 0 spiro atoms. The van der Waals surface area contributed by atoms with E-state index in [9.17, 15) is 5.11 Å². The van der Waals surface area contributed by atoms with E-state index in [1.807, 2.05) is 37.4 Å². The van der Waals surface area contributed by atoms with Crippen molar-refractivity contribution in [2.75, 3.05) is 33.4 Å². The molecule has 2 atom stereocenters. The van der Waals surface area contributed by atoms with Crippen molar-refractivity contribution in [3.05, 3.63) is 45.4 Å². The van der Waals surface area contributed by atoms with Crippen LogP contribution in [0.25, 0.3) is 0 Å². The Balaban J connectivity index is 1.68. The largest absolute Gasteiger partial charge is 0.496 e. The van der Waals surface area contributed by atoms with E-state index >= 15 is 0 Å². The van der Waals surface area contributed by atoms with Crippen LogP contribution in [0.2, 0.25) is 0 Å². The van der Waals surface area contributed by atoms with Crippen molar-refractivity contribution in [1.29, 1.82) is 0 Å². The number of nitrogens with zero attached hydrogens (tertiary/aromatic N) is 2. The first-order chi connectivity index (χ1) is 11.6. The van der Waals surface area contributed by atoms with Crippen LogP contribution >= 0.6 is 11.3 Å². The predicted octanol–water partition coefficient (Wildman–Crippen LogP) is 2.88. The summed E-state index contributed by atoms with van der Waals surface area (Å²) in [5.74, 6) is 0.730. The van der Waals surface area contributed by atoms with E-state index in [1.54, 1.807) is 18.4 Å². The molecular formula is C18H24N2O3S. The Kier molecular flexibility index (Phi) is 5.50. The maximum Gasteiger partial charge on any atom is 0.124 e. The molecule has 0 amide bonds. The molecule has 130 valence electrons. The molecule has 1 saturated heterocycles. The second kappa shape index (κ2) is 7.61. The SMILES string of the molecule is COc1ccc(C)cc1[C@H](O)CN1CCO[C@H](c2nc(C)cs2)C1. The molecule has 1 aliphatic rings. The predicted molar refractivity (Wildman–Crippen MR) is 94.7 cm³/mol. The molecule has 1 aromatic heterocycles. The van der Waals surface area contributed by atoms with Gasteiger partial charge in [0.05, 0.1) is 19.8 Å². The van der Waals surface area contributed by atoms with Crippen LogP contribution in [-0.2, 0) is 4.74 Å². The molecule has 0 unspecified atom stereocenters. The third-order valence-electron chi connectivity index (χ3n) is 4.24. The molecule has 3 rings (SSSR count). The third-order valence-corrected chi connectivity index (χ3v) is 5.29. The molecule has 2 heterocycles. The fourth-order valence-corrected chi connectivity index (χ4v) is 3.83. The molecule has 5 nitrogen and oxygen atoms in total. The van der Waals surface area contributed by atoms with Crippen LogP contribution in [0.3, 0.4) is 0 Å². The van der Waals surface area contributed by atoms with Crippen LogP contribution in [0, 0.1) is 13.8 Å². The fraction of sp³-hybridized carbons (Fsp3) is 0.500. The molecule has 0 bridgehead atoms. The van der Waals surface area contributed by atoms with Crippen LogP contribution in [0.4, 0.5) is 0 Å². The number of rotatable bonds is 5. The highest BCUT2D eigenvalue weighted by molar-refractivity contribution is 7.09. The van der Waals surface area contributed by atoms with E-state index in [1.165, 1.54) is 0 Å². The van der Waals surface area contributed by atoms with E-state index in [2.05, 4.69) is 9.88 Å². The summed E-state index contributed by atoms with van der Waals surface area (Å²) in [6.07, 6.45) is -0.597. The second-order valence-corrected chi connectivity index (χ2v) is 7.10. The molecular weight excluding hydrogens is 324 g/mol. The molecule has 0 saturated carbocycles. The smallest absolute Gasteiger partial charge is 0.124 e. The molecule has 1 aliphatic heterocycles. The minimum atomic E-state index is -0.586. The fourth-order valence-electron chi connectivity index (χ4n) is 2.99. The van der Waals surface area contributed by atoms with E-state index in [4.69, 9.17) is 9.47 Å². The van der Waals surface area contributed by atoms with Gasteiger partial charge in [0.25, 0.3) is 0 Å². The van der Waals surface area contributed by atoms with Crippen LogP contribution in [-0.4, -0.2) is 48.3 Å². The van der Waals surface area contributed by atoms with Gasteiger partial charge < -0.3 is 14.6 Å². The topological polar surface area (TPSA) is 54.8 Å². The van der Waals surface area contributed by atoms with Gasteiger partial charge in [-0.05, 0) is 26.0 Å². The minimum absolute atomic E-state index is 0.0101. The standard InChI is InChI=1S/C18H24N2O3S/c1-12-4-5-16(22-3)14(8-12)15(21)9-20-6-7-23-17(10-20)18-19-13(2)11-24-18/h4-5,8,11,15,17,21H,6-7,9-10H2,1-3H3/t15-,17+/m1/s1. The third kappa shape index (κ3) is 3.95. The van der Waals surface area contributed by atoms with Gasteiger partial charge in [0.2, 0.25) is 0 Å². The van der Waals surface area contributed by atoms with Crippen molar-refractivity contribution in [2.45, 2.75) is 26.1 Å². The van der Waals surface area contributed by atoms with Gasteiger partial charge in [-0.1, -0.05) is 11.6 Å². The van der Waals surface area contributed by atoms with Crippen LogP contribution in [0.15, 0.2) is 23.6 Å². The Hall–Kier alpha value is -1.47. The zero-order chi connectivity index (χ0) is 17.1. The highest BCUT2D eigenvalue weighted by atomic mass is 32.1. The number of β-amino-alcohol motifs (C(OH)–C–C–N with tert-alkyl or cyclic N) is 1. The summed E-state index contributed by atoms with van der Waals surface area (Å²) in [4.78, 5) is 6.76. The lowest BCUT2D eigenvalue weighted by Gasteiger charge is -2.33. The summed E-state index contributed by atoms with van der Waals surface area (Å²) in [6, 6.07) is 5.89. The highest BCUT2D eigenvalue weighted by Crippen LogP contribution is 2.29. The Morgan fingerprint density at radius 1 is 1.46 bits per heavy atom. The van der Waals surface area contributed by atoms with Crippen molar-refractivity contribution in [1.82, 2.24) is 9.88 Å². The maximum absolute atomic E-state index is 10.7. The highest BCUT2D eigenvalue weighted by Gasteiger charge is 2.26. The van der Waals surface area contributed by atoms with Crippen molar-refractivity contribution in [3.63, 3.8) is 0 Å². The molecule has 1 N–H and O–H groups in total. The monoisotopic (exact) mass is 348 g/mol. The summed E-state index contributed by atoms with van der Waals surface area (Å²) in [6.45, 7) is 6.79. The Morgan fingerprint density at radius 3 is 3.00 bits per heavy atom. The van der Waals surface area contributed by atoms with Gasteiger partial charge in [0.1, 0.15) is 16.9 Å². The molecule has 2 aromatic rings. The minimum Gasteiger partial charge on any atom is -0.496 e. The number of aliphatic hydroxyl groups is 1. The lowest BCUT2D eigenvalue weighted by atomic mass is 10.0. The first kappa shape index (κ1) is 17.4. The number of hydrogen-bond donors (Lipinski definition) is 1. The number of aromatic nitrogens is 1. The summed E-state index contributed by atoms with van der Waals surface area (Å²) in [5.41, 5.74) is 2.98. The molecule has 1 fully saturated rings. The lowest BCUT2D eigenvalue weighted by Crippen LogP contribution is -2.40. The quantitative estimate of drug-likeness (QED) is 0.900. The van der Waals surface area contributed by atoms with Crippen LogP contribution in [0.1, 0.15) is 34.0 Å². The van der Waals surface area contributed by atoms with Crippen molar-refractivity contribution >= 4 is 11.3 Å². The summed E-state index contributed by atoms with van der Waals surface area (Å²) in [5, 5.41) is 13.8. The van der Waals surface area contributed by atoms with E-state index in [0.717, 1.165) is 40.7 Å². The maximum atomic E-state index is 10.7. The van der Waals surface area contributed by atoms with E-state index in [0.29, 0.717) is 13.2 Å². The number of ether oxygens (including phenoxy) is 2. The number of thiazole rings is 1. The Labute approximate surface area is 146 Å². The van der Waals surface area contributed by atoms with Crippen molar-refractivity contribution < 1.29 is 14.6 Å². The normalized spacial score (nSPS) is 20.1. The molecule has 1 aromatic carbocycles. The van der Waals surface area contributed by atoms with Crippen LogP contribution < -0.4 is 4.74 Å². The number of morpholine rings is 1. The molecule has 0 aliphatic carbocycles. The van der Waals surface area contributed by atoms with Gasteiger partial charge in [0.15, 0.2) is 0 Å². The van der Waals surface area contributed by atoms with Gasteiger partial charge in [-0.2, -0.15) is 0 Å². The van der Waals surface area contributed by atoms with E-state index in [-0.39, 0.29) is 6.10 Å². The summed E-state index contributed by atoms with van der Waals surface area (Å²) in [7, 11) is 1.64. The van der Waals surface area contributed by atoms with Gasteiger partial charge in [-0.3, -0.25) is 4.90 Å². The number of hydrogen-bond acceptors (Lipinski definition) is 6. The average molecular weight is 348 g/mol. The zero-order valence-electron chi connectivity index (χ0n) is 14.4. The summed E-state index contributed by atoms with van der Waals surface area (Å²) >= 11 is 1.64. The first-order valence-corrected chi connectivity index (χ1v) is 9.03. The number of aryl methyl sites for hydroxylation is 2. The number of benzene rings is 1. The molecule has 0 radical (unpaired) electrons. The van der Waals surface area contributed by atoms with Gasteiger partial charge in [-0.25, -0.2) is 4.98 Å². The number of aliphatic hydroxyl groups excluding tert-OH is 1.